The van der Waals surface area contributed by atoms with Crippen LogP contribution in [-0.4, -0.2) is 11.6 Å². The molecular weight excluding hydrogens is 256 g/mol. The molecule has 1 aromatic rings. The Hall–Kier alpha value is -1.16. The summed E-state index contributed by atoms with van der Waals surface area (Å²) in [5.74, 6) is -0.0996. The number of amides is 1. The molecule has 0 radical (unpaired) electrons. The minimum Gasteiger partial charge on any atom is -0.323 e. The lowest BCUT2D eigenvalue weighted by atomic mass is 10.0. The second-order valence-corrected chi connectivity index (χ2v) is 4.65. The molecule has 1 aliphatic heterocycles. The highest BCUT2D eigenvalue weighted by Crippen LogP contribution is 2.28. The van der Waals surface area contributed by atoms with E-state index in [2.05, 4.69) is 26.2 Å². The quantitative estimate of drug-likeness (QED) is 0.832. The average molecular weight is 267 g/mol. The van der Waals surface area contributed by atoms with Crippen LogP contribution < -0.4 is 5.32 Å². The van der Waals surface area contributed by atoms with Gasteiger partial charge in [-0.3, -0.25) is 9.79 Å². The van der Waals surface area contributed by atoms with Gasteiger partial charge in [0.1, 0.15) is 0 Å². The summed E-state index contributed by atoms with van der Waals surface area (Å²) in [6.07, 6.45) is 0. The summed E-state index contributed by atoms with van der Waals surface area (Å²) in [4.78, 5) is 15.7. The van der Waals surface area contributed by atoms with Crippen molar-refractivity contribution in [3.63, 3.8) is 0 Å². The molecular formula is C11H11BrN2O. The zero-order chi connectivity index (χ0) is 11.1. The fourth-order valence-corrected chi connectivity index (χ4v) is 2.05. The average Bonchev–Trinajstić information content (AvgIpc) is 2.42. The third kappa shape index (κ3) is 1.81. The van der Waals surface area contributed by atoms with Crippen molar-refractivity contribution in [3.8, 4) is 0 Å². The maximum absolute atomic E-state index is 11.4. The van der Waals surface area contributed by atoms with Crippen molar-refractivity contribution in [2.45, 2.75) is 19.5 Å². The number of nitrogens with one attached hydrogen (secondary N) is 1. The fourth-order valence-electron chi connectivity index (χ4n) is 1.65. The lowest BCUT2D eigenvalue weighted by molar-refractivity contribution is -0.115. The summed E-state index contributed by atoms with van der Waals surface area (Å²) in [5, 5.41) is 2.86. The Kier molecular flexibility index (Phi) is 2.38. The number of benzene rings is 1. The highest BCUT2D eigenvalue weighted by Gasteiger charge is 2.34. The van der Waals surface area contributed by atoms with E-state index < -0.39 is 5.66 Å². The number of carbonyl (C=O) groups excluding carboxylic acids is 1. The van der Waals surface area contributed by atoms with Gasteiger partial charge in [0.2, 0.25) is 0 Å². The van der Waals surface area contributed by atoms with E-state index in [1.165, 1.54) is 0 Å². The Balaban J connectivity index is 2.44. The van der Waals surface area contributed by atoms with Gasteiger partial charge >= 0.3 is 0 Å². The Labute approximate surface area is 96.7 Å². The summed E-state index contributed by atoms with van der Waals surface area (Å²) < 4.78 is 0.982. The SMILES string of the molecule is CC1=NC(C)(c2cccc(Br)c2)NC1=O. The van der Waals surface area contributed by atoms with Crippen molar-refractivity contribution in [2.75, 3.05) is 0 Å². The van der Waals surface area contributed by atoms with E-state index in [4.69, 9.17) is 0 Å². The van der Waals surface area contributed by atoms with Gasteiger partial charge in [0.15, 0.2) is 5.66 Å². The van der Waals surface area contributed by atoms with Crippen LogP contribution in [0.1, 0.15) is 19.4 Å². The molecule has 1 unspecified atom stereocenters. The van der Waals surface area contributed by atoms with E-state index >= 15 is 0 Å². The maximum atomic E-state index is 11.4. The highest BCUT2D eigenvalue weighted by molar-refractivity contribution is 9.10. The van der Waals surface area contributed by atoms with Crippen LogP contribution in [0.5, 0.6) is 0 Å². The molecule has 78 valence electrons. The zero-order valence-corrected chi connectivity index (χ0v) is 10.1. The van der Waals surface area contributed by atoms with Crippen LogP contribution >= 0.6 is 15.9 Å². The molecule has 1 atom stereocenters. The first-order valence-corrected chi connectivity index (χ1v) is 5.45. The molecule has 0 bridgehead atoms. The van der Waals surface area contributed by atoms with E-state index in [1.54, 1.807) is 6.92 Å². The van der Waals surface area contributed by atoms with Gasteiger partial charge in [0.25, 0.3) is 5.91 Å². The number of hydrogen-bond acceptors (Lipinski definition) is 2. The largest absolute Gasteiger partial charge is 0.323 e. The molecule has 4 heteroatoms. The molecule has 1 aliphatic rings. The van der Waals surface area contributed by atoms with Crippen molar-refractivity contribution >= 4 is 27.5 Å². The van der Waals surface area contributed by atoms with Crippen molar-refractivity contribution in [3.05, 3.63) is 34.3 Å². The van der Waals surface area contributed by atoms with Crippen LogP contribution in [0.4, 0.5) is 0 Å². The number of halogens is 1. The fraction of sp³-hybridized carbons (Fsp3) is 0.273. The second kappa shape index (κ2) is 3.45. The van der Waals surface area contributed by atoms with Gasteiger partial charge in [-0.15, -0.1) is 0 Å². The van der Waals surface area contributed by atoms with Crippen LogP contribution in [0.2, 0.25) is 0 Å². The highest BCUT2D eigenvalue weighted by atomic mass is 79.9. The first kappa shape index (κ1) is 10.4. The normalized spacial score (nSPS) is 25.0. The smallest absolute Gasteiger partial charge is 0.267 e. The second-order valence-electron chi connectivity index (χ2n) is 3.73. The molecule has 1 N–H and O–H groups in total. The molecule has 2 rings (SSSR count). The summed E-state index contributed by atoms with van der Waals surface area (Å²) >= 11 is 3.40. The van der Waals surface area contributed by atoms with Gasteiger partial charge in [-0.2, -0.15) is 0 Å². The molecule has 0 saturated heterocycles. The predicted octanol–water partition coefficient (Wildman–Crippen LogP) is 2.21. The summed E-state index contributed by atoms with van der Waals surface area (Å²) in [6.45, 7) is 3.61. The van der Waals surface area contributed by atoms with E-state index in [-0.39, 0.29) is 5.91 Å². The number of nitrogens with zero attached hydrogens (tertiary/aromatic N) is 1. The lowest BCUT2D eigenvalue weighted by Gasteiger charge is -2.21. The summed E-state index contributed by atoms with van der Waals surface area (Å²) in [5.41, 5.74) is 0.879. The molecule has 0 spiro atoms. The standard InChI is InChI=1S/C11H11BrN2O/c1-7-10(15)14-11(2,13-7)8-4-3-5-9(12)6-8/h3-6H,1-2H3,(H,14,15). The molecule has 0 aliphatic carbocycles. The zero-order valence-electron chi connectivity index (χ0n) is 8.54. The molecule has 1 heterocycles. The molecule has 3 nitrogen and oxygen atoms in total. The van der Waals surface area contributed by atoms with Gasteiger partial charge < -0.3 is 5.32 Å². The molecule has 0 fully saturated rings. The van der Waals surface area contributed by atoms with Crippen molar-refractivity contribution < 1.29 is 4.79 Å². The van der Waals surface area contributed by atoms with E-state index in [9.17, 15) is 4.79 Å². The topological polar surface area (TPSA) is 41.5 Å². The number of rotatable bonds is 1. The third-order valence-electron chi connectivity index (χ3n) is 2.46. The van der Waals surface area contributed by atoms with Crippen LogP contribution in [-0.2, 0) is 10.5 Å². The molecule has 1 aromatic carbocycles. The van der Waals surface area contributed by atoms with Gasteiger partial charge in [-0.25, -0.2) is 0 Å². The molecule has 0 aromatic heterocycles. The molecule has 0 saturated carbocycles. The number of aliphatic imine (C=N–C) groups is 1. The first-order valence-electron chi connectivity index (χ1n) is 4.66. The number of hydrogen-bond donors (Lipinski definition) is 1. The Bertz CT molecular complexity index is 456. The monoisotopic (exact) mass is 266 g/mol. The third-order valence-corrected chi connectivity index (χ3v) is 2.96. The molecule has 1 amide bonds. The van der Waals surface area contributed by atoms with Gasteiger partial charge in [0.05, 0.1) is 5.71 Å². The Morgan fingerprint density at radius 3 is 2.73 bits per heavy atom. The summed E-state index contributed by atoms with van der Waals surface area (Å²) in [6, 6.07) is 7.79. The maximum Gasteiger partial charge on any atom is 0.267 e. The van der Waals surface area contributed by atoms with Crippen LogP contribution in [0, 0.1) is 0 Å². The van der Waals surface area contributed by atoms with E-state index in [0.29, 0.717) is 5.71 Å². The van der Waals surface area contributed by atoms with E-state index in [1.807, 2.05) is 31.2 Å². The lowest BCUT2D eigenvalue weighted by Crippen LogP contribution is -2.37. The Morgan fingerprint density at radius 1 is 1.47 bits per heavy atom. The van der Waals surface area contributed by atoms with Gasteiger partial charge in [0, 0.05) is 10.0 Å². The Morgan fingerprint density at radius 2 is 2.20 bits per heavy atom. The minimum absolute atomic E-state index is 0.0996. The van der Waals surface area contributed by atoms with Crippen LogP contribution in [0.25, 0.3) is 0 Å². The van der Waals surface area contributed by atoms with E-state index in [0.717, 1.165) is 10.0 Å². The predicted molar refractivity (Wildman–Crippen MR) is 62.7 cm³/mol. The van der Waals surface area contributed by atoms with Gasteiger partial charge in [-0.1, -0.05) is 28.1 Å². The molecule has 15 heavy (non-hydrogen) atoms. The van der Waals surface area contributed by atoms with Crippen LogP contribution in [0.3, 0.4) is 0 Å². The minimum atomic E-state index is -0.620. The van der Waals surface area contributed by atoms with Gasteiger partial charge in [-0.05, 0) is 26.0 Å². The van der Waals surface area contributed by atoms with Crippen LogP contribution in [0.15, 0.2) is 33.7 Å². The van der Waals surface area contributed by atoms with Crippen molar-refractivity contribution in [1.82, 2.24) is 5.32 Å². The number of carbonyl (C=O) groups is 1. The first-order chi connectivity index (χ1) is 7.01. The van der Waals surface area contributed by atoms with Crippen molar-refractivity contribution in [1.29, 1.82) is 0 Å². The van der Waals surface area contributed by atoms with Crippen molar-refractivity contribution in [2.24, 2.45) is 4.99 Å². The summed E-state index contributed by atoms with van der Waals surface area (Å²) in [7, 11) is 0.